The molecule has 0 spiro atoms. The summed E-state index contributed by atoms with van der Waals surface area (Å²) in [6.07, 6.45) is 8.39. The zero-order valence-corrected chi connectivity index (χ0v) is 16.2. The molecule has 1 aromatic rings. The number of carbonyl (C=O) groups is 2. The maximum atomic E-state index is 13.0. The Kier molecular flexibility index (Phi) is 6.44. The van der Waals surface area contributed by atoms with E-state index in [0.29, 0.717) is 6.54 Å². The van der Waals surface area contributed by atoms with Gasteiger partial charge in [0.1, 0.15) is 6.61 Å². The smallest absolute Gasteiger partial charge is 0.251 e. The van der Waals surface area contributed by atoms with Gasteiger partial charge in [0.15, 0.2) is 6.10 Å². The number of hydrogen-bond donors (Lipinski definition) is 2. The van der Waals surface area contributed by atoms with Crippen LogP contribution in [-0.2, 0) is 14.3 Å². The van der Waals surface area contributed by atoms with Crippen molar-refractivity contribution in [2.75, 3.05) is 26.7 Å². The minimum absolute atomic E-state index is 0.00434. The molecular weight excluding hydrogens is 344 g/mol. The highest BCUT2D eigenvalue weighted by molar-refractivity contribution is 5.86. The van der Waals surface area contributed by atoms with E-state index in [4.69, 9.17) is 4.74 Å². The number of rotatable bonds is 6. The van der Waals surface area contributed by atoms with Crippen molar-refractivity contribution in [1.29, 1.82) is 0 Å². The van der Waals surface area contributed by atoms with E-state index in [2.05, 4.69) is 34.5 Å². The van der Waals surface area contributed by atoms with Crippen LogP contribution in [0.2, 0.25) is 0 Å². The van der Waals surface area contributed by atoms with Crippen molar-refractivity contribution in [1.82, 2.24) is 20.5 Å². The van der Waals surface area contributed by atoms with Crippen LogP contribution in [0.4, 0.5) is 0 Å². The molecule has 1 saturated heterocycles. The lowest BCUT2D eigenvalue weighted by Gasteiger charge is -2.45. The minimum Gasteiger partial charge on any atom is -0.356 e. The number of nitrogens with one attached hydrogen (secondary N) is 2. The van der Waals surface area contributed by atoms with Gasteiger partial charge < -0.3 is 15.4 Å². The van der Waals surface area contributed by atoms with E-state index in [-0.39, 0.29) is 24.0 Å². The second kappa shape index (κ2) is 8.80. The molecule has 0 unspecified atom stereocenters. The van der Waals surface area contributed by atoms with Gasteiger partial charge in [0.05, 0.1) is 6.04 Å². The highest BCUT2D eigenvalue weighted by atomic mass is 16.5. The second-order valence-electron chi connectivity index (χ2n) is 7.58. The molecule has 148 valence electrons. The van der Waals surface area contributed by atoms with E-state index in [9.17, 15) is 9.59 Å². The van der Waals surface area contributed by atoms with Gasteiger partial charge in [-0.15, -0.1) is 0 Å². The number of carbonyl (C=O) groups excluding carboxylic acids is 2. The van der Waals surface area contributed by atoms with Crippen molar-refractivity contribution >= 4 is 11.8 Å². The van der Waals surface area contributed by atoms with Crippen molar-refractivity contribution in [2.24, 2.45) is 0 Å². The highest BCUT2D eigenvalue weighted by Crippen LogP contribution is 2.32. The molecule has 3 rings (SSSR count). The summed E-state index contributed by atoms with van der Waals surface area (Å²) in [6, 6.07) is 3.12. The SMILES string of the molecule is CCN(C)C1(CNC(=O)[C@H]2OCC(=O)N[C@@H]2c2cccnc2)CCCCC1. The number of amides is 2. The van der Waals surface area contributed by atoms with Gasteiger partial charge in [-0.1, -0.05) is 32.3 Å². The normalized spacial score (nSPS) is 25.1. The first-order valence-electron chi connectivity index (χ1n) is 9.85. The predicted octanol–water partition coefficient (Wildman–Crippen LogP) is 1.41. The molecule has 0 aromatic carbocycles. The fraction of sp³-hybridized carbons (Fsp3) is 0.650. The van der Waals surface area contributed by atoms with Crippen LogP contribution >= 0.6 is 0 Å². The zero-order chi connectivity index (χ0) is 19.3. The van der Waals surface area contributed by atoms with Crippen LogP contribution in [0, 0.1) is 0 Å². The van der Waals surface area contributed by atoms with E-state index < -0.39 is 12.1 Å². The van der Waals surface area contributed by atoms with Gasteiger partial charge in [-0.3, -0.25) is 19.5 Å². The average Bonchev–Trinajstić information content (AvgIpc) is 2.72. The first-order chi connectivity index (χ1) is 13.1. The predicted molar refractivity (Wildman–Crippen MR) is 102 cm³/mol. The Morgan fingerprint density at radius 3 is 2.85 bits per heavy atom. The first kappa shape index (κ1) is 19.8. The first-order valence-corrected chi connectivity index (χ1v) is 9.85. The van der Waals surface area contributed by atoms with E-state index in [1.807, 2.05) is 6.07 Å². The van der Waals surface area contributed by atoms with E-state index >= 15 is 0 Å². The fourth-order valence-corrected chi connectivity index (χ4v) is 4.19. The van der Waals surface area contributed by atoms with Crippen molar-refractivity contribution in [2.45, 2.75) is 56.7 Å². The quantitative estimate of drug-likeness (QED) is 0.787. The lowest BCUT2D eigenvalue weighted by atomic mass is 9.80. The number of ether oxygens (including phenoxy) is 1. The highest BCUT2D eigenvalue weighted by Gasteiger charge is 2.39. The average molecular weight is 374 g/mol. The minimum atomic E-state index is -0.750. The van der Waals surface area contributed by atoms with Crippen LogP contribution in [0.5, 0.6) is 0 Å². The molecular formula is C20H30N4O3. The summed E-state index contributed by atoms with van der Waals surface area (Å²) in [5.74, 6) is -0.402. The summed E-state index contributed by atoms with van der Waals surface area (Å²) in [4.78, 5) is 31.2. The molecule has 2 heterocycles. The summed E-state index contributed by atoms with van der Waals surface area (Å²) < 4.78 is 5.61. The molecule has 2 aliphatic rings. The van der Waals surface area contributed by atoms with Crippen molar-refractivity contribution in [3.05, 3.63) is 30.1 Å². The van der Waals surface area contributed by atoms with Crippen LogP contribution < -0.4 is 10.6 Å². The number of morpholine rings is 1. The molecule has 1 aliphatic heterocycles. The number of likely N-dealkylation sites (N-methyl/N-ethyl adjacent to an activating group) is 1. The molecule has 1 saturated carbocycles. The van der Waals surface area contributed by atoms with Gasteiger partial charge in [0.25, 0.3) is 5.91 Å². The monoisotopic (exact) mass is 374 g/mol. The molecule has 2 atom stereocenters. The third kappa shape index (κ3) is 4.47. The molecule has 7 heteroatoms. The Balaban J connectivity index is 1.70. The Morgan fingerprint density at radius 1 is 1.41 bits per heavy atom. The molecule has 1 aliphatic carbocycles. The van der Waals surface area contributed by atoms with Gasteiger partial charge in [-0.25, -0.2) is 0 Å². The molecule has 0 radical (unpaired) electrons. The Morgan fingerprint density at radius 2 is 2.19 bits per heavy atom. The standard InChI is InChI=1S/C20H30N4O3/c1-3-24(2)20(9-5-4-6-10-20)14-22-19(26)18-17(23-16(25)13-27-18)15-8-7-11-21-12-15/h7-8,11-12,17-18H,3-6,9-10,13-14H2,1-2H3,(H,22,26)(H,23,25)/t17-,18+/m1/s1. The van der Waals surface area contributed by atoms with Gasteiger partial charge in [0, 0.05) is 24.5 Å². The summed E-state index contributed by atoms with van der Waals surface area (Å²) in [6.45, 7) is 3.60. The number of aromatic nitrogens is 1. The van der Waals surface area contributed by atoms with Crippen LogP contribution in [-0.4, -0.2) is 60.1 Å². The third-order valence-corrected chi connectivity index (χ3v) is 5.98. The molecule has 7 nitrogen and oxygen atoms in total. The lowest BCUT2D eigenvalue weighted by Crippen LogP contribution is -2.58. The van der Waals surface area contributed by atoms with Crippen LogP contribution in [0.15, 0.2) is 24.5 Å². The van der Waals surface area contributed by atoms with Gasteiger partial charge >= 0.3 is 0 Å². The summed E-state index contributed by atoms with van der Waals surface area (Å²) in [7, 11) is 2.13. The van der Waals surface area contributed by atoms with E-state index in [1.165, 1.54) is 19.3 Å². The number of pyridine rings is 1. The molecule has 27 heavy (non-hydrogen) atoms. The Labute approximate surface area is 160 Å². The van der Waals surface area contributed by atoms with Crippen LogP contribution in [0.3, 0.4) is 0 Å². The summed E-state index contributed by atoms with van der Waals surface area (Å²) >= 11 is 0. The zero-order valence-electron chi connectivity index (χ0n) is 16.2. The molecule has 0 bridgehead atoms. The molecule has 2 amide bonds. The third-order valence-electron chi connectivity index (χ3n) is 5.98. The lowest BCUT2D eigenvalue weighted by molar-refractivity contribution is -0.148. The summed E-state index contributed by atoms with van der Waals surface area (Å²) in [5, 5.41) is 5.99. The van der Waals surface area contributed by atoms with Crippen LogP contribution in [0.1, 0.15) is 50.6 Å². The van der Waals surface area contributed by atoms with Gasteiger partial charge in [-0.2, -0.15) is 0 Å². The second-order valence-corrected chi connectivity index (χ2v) is 7.58. The fourth-order valence-electron chi connectivity index (χ4n) is 4.19. The van der Waals surface area contributed by atoms with Crippen LogP contribution in [0.25, 0.3) is 0 Å². The molecule has 1 aromatic heterocycles. The maximum Gasteiger partial charge on any atom is 0.251 e. The van der Waals surface area contributed by atoms with E-state index in [1.54, 1.807) is 18.5 Å². The Hall–Kier alpha value is -1.99. The van der Waals surface area contributed by atoms with Crippen molar-refractivity contribution in [3.8, 4) is 0 Å². The van der Waals surface area contributed by atoms with Gasteiger partial charge in [0.2, 0.25) is 5.91 Å². The molecule has 2 N–H and O–H groups in total. The number of hydrogen-bond acceptors (Lipinski definition) is 5. The molecule has 2 fully saturated rings. The largest absolute Gasteiger partial charge is 0.356 e. The summed E-state index contributed by atoms with van der Waals surface area (Å²) in [5.41, 5.74) is 0.772. The van der Waals surface area contributed by atoms with Crippen molar-refractivity contribution < 1.29 is 14.3 Å². The maximum absolute atomic E-state index is 13.0. The number of nitrogens with zero attached hydrogens (tertiary/aromatic N) is 2. The topological polar surface area (TPSA) is 83.6 Å². The van der Waals surface area contributed by atoms with E-state index in [0.717, 1.165) is 24.9 Å². The van der Waals surface area contributed by atoms with Crippen molar-refractivity contribution in [3.63, 3.8) is 0 Å². The Bertz CT molecular complexity index is 646. The van der Waals surface area contributed by atoms with Gasteiger partial charge in [-0.05, 0) is 38.1 Å².